The lowest BCUT2D eigenvalue weighted by Crippen LogP contribution is -2.16. The molecule has 1 aromatic heterocycles. The number of aromatic nitrogens is 2. The topological polar surface area (TPSA) is 64.0 Å². The van der Waals surface area contributed by atoms with Crippen LogP contribution in [0.15, 0.2) is 17.0 Å². The minimum atomic E-state index is -4.28. The van der Waals surface area contributed by atoms with Crippen molar-refractivity contribution >= 4 is 27.3 Å². The summed E-state index contributed by atoms with van der Waals surface area (Å²) in [6.07, 6.45) is -2.93. The molecule has 0 saturated heterocycles. The lowest BCUT2D eigenvalue weighted by Gasteiger charge is -2.12. The zero-order chi connectivity index (χ0) is 17.5. The molecule has 0 aliphatic carbocycles. The van der Waals surface area contributed by atoms with Crippen LogP contribution in [0.2, 0.25) is 5.02 Å². The molecule has 1 aromatic carbocycles. The van der Waals surface area contributed by atoms with Crippen molar-refractivity contribution in [2.24, 2.45) is 7.05 Å². The van der Waals surface area contributed by atoms with Crippen LogP contribution in [-0.4, -0.2) is 18.2 Å². The molecule has 0 aliphatic heterocycles. The van der Waals surface area contributed by atoms with Gasteiger partial charge in [-0.05, 0) is 31.5 Å². The van der Waals surface area contributed by atoms with Crippen molar-refractivity contribution in [2.75, 3.05) is 4.72 Å². The molecule has 0 radical (unpaired) electrons. The van der Waals surface area contributed by atoms with Crippen molar-refractivity contribution < 1.29 is 21.6 Å². The van der Waals surface area contributed by atoms with E-state index in [1.54, 1.807) is 0 Å². The molecular formula is C13H13ClF3N3O2S. The van der Waals surface area contributed by atoms with Gasteiger partial charge in [0.25, 0.3) is 16.4 Å². The molecule has 2 rings (SSSR count). The van der Waals surface area contributed by atoms with E-state index < -0.39 is 32.9 Å². The fourth-order valence-corrected chi connectivity index (χ4v) is 3.81. The summed E-state index contributed by atoms with van der Waals surface area (Å²) in [7, 11) is -3.00. The van der Waals surface area contributed by atoms with Crippen LogP contribution in [0, 0.1) is 19.7 Å². The zero-order valence-electron chi connectivity index (χ0n) is 12.4. The van der Waals surface area contributed by atoms with Gasteiger partial charge in [-0.3, -0.25) is 9.40 Å². The molecule has 23 heavy (non-hydrogen) atoms. The Morgan fingerprint density at radius 2 is 1.91 bits per heavy atom. The predicted octanol–water partition coefficient (Wildman–Crippen LogP) is 3.57. The highest BCUT2D eigenvalue weighted by Crippen LogP contribution is 2.32. The fourth-order valence-electron chi connectivity index (χ4n) is 2.08. The second-order valence-corrected chi connectivity index (χ2v) is 6.97. The van der Waals surface area contributed by atoms with Crippen molar-refractivity contribution in [2.45, 2.75) is 25.2 Å². The number of alkyl halides is 2. The maximum atomic E-state index is 13.4. The number of hydrogen-bond acceptors (Lipinski definition) is 3. The third-order valence-electron chi connectivity index (χ3n) is 3.21. The fraction of sp³-hybridized carbons (Fsp3) is 0.308. The second kappa shape index (κ2) is 6.04. The summed E-state index contributed by atoms with van der Waals surface area (Å²) in [6.45, 7) is 2.76. The molecule has 0 spiro atoms. The molecule has 126 valence electrons. The number of nitrogens with one attached hydrogen (secondary N) is 1. The Morgan fingerprint density at radius 1 is 1.30 bits per heavy atom. The molecule has 1 heterocycles. The Hall–Kier alpha value is -1.74. The van der Waals surface area contributed by atoms with E-state index in [-0.39, 0.29) is 22.0 Å². The van der Waals surface area contributed by atoms with Gasteiger partial charge in [-0.15, -0.1) is 0 Å². The minimum absolute atomic E-state index is 0.0618. The third-order valence-corrected chi connectivity index (χ3v) is 5.03. The van der Waals surface area contributed by atoms with E-state index in [1.807, 2.05) is 0 Å². The summed E-state index contributed by atoms with van der Waals surface area (Å²) in [4.78, 5) is -0.401. The van der Waals surface area contributed by atoms with Crippen LogP contribution in [0.25, 0.3) is 0 Å². The second-order valence-electron chi connectivity index (χ2n) is 4.91. The highest BCUT2D eigenvalue weighted by Gasteiger charge is 2.27. The molecule has 2 aromatic rings. The lowest BCUT2D eigenvalue weighted by molar-refractivity contribution is 0.141. The summed E-state index contributed by atoms with van der Waals surface area (Å²) in [5.41, 5.74) is -0.741. The molecule has 0 fully saturated rings. The number of rotatable bonds is 4. The van der Waals surface area contributed by atoms with Gasteiger partial charge >= 0.3 is 0 Å². The quantitative estimate of drug-likeness (QED) is 0.898. The standard InChI is InChI=1S/C13H13ClF3N3O2S/c1-6-4-10(8(14)5-9(6)15)23(21,22)19-11-7(2)18-20(3)12(11)13(16)17/h4-5,13,19H,1-3H3. The van der Waals surface area contributed by atoms with Crippen molar-refractivity contribution in [1.82, 2.24) is 9.78 Å². The summed E-state index contributed by atoms with van der Waals surface area (Å²) < 4.78 is 67.4. The highest BCUT2D eigenvalue weighted by molar-refractivity contribution is 7.92. The maximum Gasteiger partial charge on any atom is 0.282 e. The number of benzene rings is 1. The third kappa shape index (κ3) is 3.30. The van der Waals surface area contributed by atoms with Crippen molar-refractivity contribution in [3.05, 3.63) is 39.9 Å². The van der Waals surface area contributed by atoms with E-state index in [4.69, 9.17) is 11.6 Å². The van der Waals surface area contributed by atoms with Crippen LogP contribution in [-0.2, 0) is 17.1 Å². The lowest BCUT2D eigenvalue weighted by atomic mass is 10.2. The van der Waals surface area contributed by atoms with Gasteiger partial charge in [-0.1, -0.05) is 11.6 Å². The summed E-state index contributed by atoms with van der Waals surface area (Å²) >= 11 is 5.77. The molecule has 1 N–H and O–H groups in total. The van der Waals surface area contributed by atoms with E-state index in [2.05, 4.69) is 9.82 Å². The normalized spacial score (nSPS) is 12.0. The molecule has 0 saturated carbocycles. The monoisotopic (exact) mass is 367 g/mol. The first-order valence-electron chi connectivity index (χ1n) is 6.34. The first kappa shape index (κ1) is 17.6. The van der Waals surface area contributed by atoms with Crippen LogP contribution in [0.3, 0.4) is 0 Å². The van der Waals surface area contributed by atoms with E-state index >= 15 is 0 Å². The summed E-state index contributed by atoms with van der Waals surface area (Å²) in [5.74, 6) is -0.667. The summed E-state index contributed by atoms with van der Waals surface area (Å²) in [5, 5.41) is 3.43. The molecule has 0 unspecified atom stereocenters. The van der Waals surface area contributed by atoms with Gasteiger partial charge < -0.3 is 0 Å². The van der Waals surface area contributed by atoms with Crippen LogP contribution < -0.4 is 4.72 Å². The number of sulfonamides is 1. The number of halogens is 4. The van der Waals surface area contributed by atoms with Crippen molar-refractivity contribution in [3.8, 4) is 0 Å². The molecule has 0 atom stereocenters. The van der Waals surface area contributed by atoms with Crippen LogP contribution >= 0.6 is 11.6 Å². The van der Waals surface area contributed by atoms with Crippen LogP contribution in [0.5, 0.6) is 0 Å². The van der Waals surface area contributed by atoms with Gasteiger partial charge in [0, 0.05) is 7.05 Å². The van der Waals surface area contributed by atoms with Crippen molar-refractivity contribution in [1.29, 1.82) is 0 Å². The molecule has 10 heteroatoms. The largest absolute Gasteiger partial charge is 0.282 e. The summed E-state index contributed by atoms with van der Waals surface area (Å²) in [6, 6.07) is 1.89. The average Bonchev–Trinajstić information content (AvgIpc) is 2.67. The van der Waals surface area contributed by atoms with E-state index in [1.165, 1.54) is 20.9 Å². The Morgan fingerprint density at radius 3 is 2.48 bits per heavy atom. The number of hydrogen-bond donors (Lipinski definition) is 1. The SMILES string of the molecule is Cc1cc(S(=O)(=O)Nc2c(C)nn(C)c2C(F)F)c(Cl)cc1F. The van der Waals surface area contributed by atoms with E-state index in [9.17, 15) is 21.6 Å². The molecule has 0 aliphatic rings. The minimum Gasteiger partial charge on any atom is -0.276 e. The predicted molar refractivity (Wildman–Crippen MR) is 79.9 cm³/mol. The van der Waals surface area contributed by atoms with Gasteiger partial charge in [-0.2, -0.15) is 5.10 Å². The van der Waals surface area contributed by atoms with Gasteiger partial charge in [0.05, 0.1) is 16.4 Å². The maximum absolute atomic E-state index is 13.4. The van der Waals surface area contributed by atoms with Gasteiger partial charge in [0.2, 0.25) is 0 Å². The number of anilines is 1. The number of nitrogens with zero attached hydrogens (tertiary/aromatic N) is 2. The van der Waals surface area contributed by atoms with Crippen LogP contribution in [0.1, 0.15) is 23.4 Å². The molecule has 0 amide bonds. The Labute approximate surface area is 136 Å². The Kier molecular flexibility index (Phi) is 4.63. The van der Waals surface area contributed by atoms with Crippen LogP contribution in [0.4, 0.5) is 18.9 Å². The molecule has 5 nitrogen and oxygen atoms in total. The number of aryl methyl sites for hydroxylation is 3. The highest BCUT2D eigenvalue weighted by atomic mass is 35.5. The zero-order valence-corrected chi connectivity index (χ0v) is 13.9. The first-order valence-corrected chi connectivity index (χ1v) is 8.20. The Balaban J connectivity index is 2.54. The van der Waals surface area contributed by atoms with E-state index in [0.717, 1.165) is 16.8 Å². The molecular weight excluding hydrogens is 355 g/mol. The average molecular weight is 368 g/mol. The van der Waals surface area contributed by atoms with Crippen molar-refractivity contribution in [3.63, 3.8) is 0 Å². The van der Waals surface area contributed by atoms with E-state index in [0.29, 0.717) is 0 Å². The first-order chi connectivity index (χ1) is 10.5. The smallest absolute Gasteiger partial charge is 0.276 e. The van der Waals surface area contributed by atoms with Gasteiger partial charge in [0.15, 0.2) is 0 Å². The van der Waals surface area contributed by atoms with Gasteiger partial charge in [-0.25, -0.2) is 21.6 Å². The molecule has 0 bridgehead atoms. The van der Waals surface area contributed by atoms with Gasteiger partial charge in [0.1, 0.15) is 16.4 Å². The Bertz CT molecular complexity index is 866.